The quantitative estimate of drug-likeness (QED) is 0.435. The van der Waals surface area contributed by atoms with E-state index in [-0.39, 0.29) is 17.7 Å². The number of carbonyl (C=O) groups excluding carboxylic acids is 2. The van der Waals surface area contributed by atoms with Crippen molar-refractivity contribution in [1.29, 1.82) is 0 Å². The molecular weight excluding hydrogens is 292 g/mol. The summed E-state index contributed by atoms with van der Waals surface area (Å²) >= 11 is 0. The van der Waals surface area contributed by atoms with E-state index in [9.17, 15) is 9.59 Å². The van der Waals surface area contributed by atoms with Gasteiger partial charge in [-0.1, -0.05) is 57.6 Å². The molecule has 0 radical (unpaired) electrons. The zero-order valence-electron chi connectivity index (χ0n) is 14.3. The van der Waals surface area contributed by atoms with Crippen molar-refractivity contribution in [3.63, 3.8) is 0 Å². The molecule has 0 bridgehead atoms. The van der Waals surface area contributed by atoms with E-state index in [1.807, 2.05) is 0 Å². The molecule has 0 unspecified atom stereocenters. The number of rotatable bonds is 11. The van der Waals surface area contributed by atoms with Gasteiger partial charge in [-0.15, -0.1) is 0 Å². The van der Waals surface area contributed by atoms with E-state index in [0.717, 1.165) is 12.8 Å². The third-order valence-corrected chi connectivity index (χ3v) is 3.62. The van der Waals surface area contributed by atoms with Gasteiger partial charge in [0.15, 0.2) is 0 Å². The SMILES string of the molecule is CCCCCCCCCOC(=O)c1ccccc1C(=O)OCC. The predicted molar refractivity (Wildman–Crippen MR) is 90.7 cm³/mol. The van der Waals surface area contributed by atoms with Crippen LogP contribution in [0.25, 0.3) is 0 Å². The van der Waals surface area contributed by atoms with Crippen molar-refractivity contribution in [3.8, 4) is 0 Å². The highest BCUT2D eigenvalue weighted by molar-refractivity contribution is 6.03. The molecule has 4 heteroatoms. The number of esters is 2. The normalized spacial score (nSPS) is 10.3. The van der Waals surface area contributed by atoms with Crippen molar-refractivity contribution in [2.24, 2.45) is 0 Å². The molecule has 1 aromatic carbocycles. The van der Waals surface area contributed by atoms with Crippen LogP contribution in [0.15, 0.2) is 24.3 Å². The molecule has 0 saturated carbocycles. The fraction of sp³-hybridized carbons (Fsp3) is 0.579. The van der Waals surface area contributed by atoms with Gasteiger partial charge >= 0.3 is 11.9 Å². The van der Waals surface area contributed by atoms with Gasteiger partial charge in [0, 0.05) is 0 Å². The molecule has 0 heterocycles. The van der Waals surface area contributed by atoms with Crippen LogP contribution in [0.1, 0.15) is 79.5 Å². The number of hydrogen-bond acceptors (Lipinski definition) is 4. The second-order valence-electron chi connectivity index (χ2n) is 5.52. The van der Waals surface area contributed by atoms with Crippen LogP contribution in [0.2, 0.25) is 0 Å². The summed E-state index contributed by atoms with van der Waals surface area (Å²) in [7, 11) is 0. The number of unbranched alkanes of at least 4 members (excludes halogenated alkanes) is 6. The Bertz CT molecular complexity index is 482. The molecule has 23 heavy (non-hydrogen) atoms. The average Bonchev–Trinajstić information content (AvgIpc) is 2.57. The summed E-state index contributed by atoms with van der Waals surface area (Å²) in [6.45, 7) is 4.61. The highest BCUT2D eigenvalue weighted by atomic mass is 16.5. The Morgan fingerprint density at radius 1 is 0.783 bits per heavy atom. The van der Waals surface area contributed by atoms with E-state index in [2.05, 4.69) is 6.92 Å². The summed E-state index contributed by atoms with van der Waals surface area (Å²) < 4.78 is 10.2. The fourth-order valence-electron chi connectivity index (χ4n) is 2.35. The summed E-state index contributed by atoms with van der Waals surface area (Å²) in [4.78, 5) is 24.0. The van der Waals surface area contributed by atoms with Gasteiger partial charge in [-0.2, -0.15) is 0 Å². The van der Waals surface area contributed by atoms with Gasteiger partial charge in [-0.25, -0.2) is 9.59 Å². The Kier molecular flexibility index (Phi) is 9.76. The van der Waals surface area contributed by atoms with E-state index >= 15 is 0 Å². The van der Waals surface area contributed by atoms with Crippen molar-refractivity contribution in [2.45, 2.75) is 58.8 Å². The van der Waals surface area contributed by atoms with Crippen molar-refractivity contribution in [2.75, 3.05) is 13.2 Å². The van der Waals surface area contributed by atoms with Crippen LogP contribution in [0, 0.1) is 0 Å². The highest BCUT2D eigenvalue weighted by Crippen LogP contribution is 2.13. The largest absolute Gasteiger partial charge is 0.462 e. The van der Waals surface area contributed by atoms with Crippen molar-refractivity contribution in [3.05, 3.63) is 35.4 Å². The molecule has 0 aromatic heterocycles. The van der Waals surface area contributed by atoms with Crippen LogP contribution in [-0.4, -0.2) is 25.2 Å². The second-order valence-corrected chi connectivity index (χ2v) is 5.52. The van der Waals surface area contributed by atoms with E-state index < -0.39 is 11.9 Å². The lowest BCUT2D eigenvalue weighted by molar-refractivity contribution is 0.0462. The minimum Gasteiger partial charge on any atom is -0.462 e. The maximum Gasteiger partial charge on any atom is 0.339 e. The maximum atomic E-state index is 12.1. The van der Waals surface area contributed by atoms with Gasteiger partial charge in [0.2, 0.25) is 0 Å². The smallest absolute Gasteiger partial charge is 0.339 e. The minimum atomic E-state index is -0.490. The first-order chi connectivity index (χ1) is 11.2. The Labute approximate surface area is 139 Å². The van der Waals surface area contributed by atoms with Gasteiger partial charge in [0.05, 0.1) is 24.3 Å². The maximum absolute atomic E-state index is 12.1. The zero-order chi connectivity index (χ0) is 16.9. The first-order valence-electron chi connectivity index (χ1n) is 8.64. The summed E-state index contributed by atoms with van der Waals surface area (Å²) in [5.41, 5.74) is 0.535. The average molecular weight is 320 g/mol. The molecule has 0 spiro atoms. The first kappa shape index (κ1) is 19.2. The number of benzene rings is 1. The van der Waals surface area contributed by atoms with Crippen LogP contribution in [0.5, 0.6) is 0 Å². The molecule has 0 aliphatic rings. The van der Waals surface area contributed by atoms with Crippen molar-refractivity contribution >= 4 is 11.9 Å². The molecule has 0 fully saturated rings. The lowest BCUT2D eigenvalue weighted by Gasteiger charge is -2.09. The molecular formula is C19H28O4. The van der Waals surface area contributed by atoms with Gasteiger partial charge in [-0.3, -0.25) is 0 Å². The number of carbonyl (C=O) groups is 2. The summed E-state index contributed by atoms with van der Waals surface area (Å²) in [5.74, 6) is -0.949. The van der Waals surface area contributed by atoms with Gasteiger partial charge < -0.3 is 9.47 Å². The molecule has 1 rings (SSSR count). The molecule has 128 valence electrons. The van der Waals surface area contributed by atoms with Gasteiger partial charge in [0.1, 0.15) is 0 Å². The molecule has 0 aliphatic carbocycles. The van der Waals surface area contributed by atoms with Gasteiger partial charge in [-0.05, 0) is 25.5 Å². The molecule has 0 atom stereocenters. The molecule has 0 amide bonds. The molecule has 4 nitrogen and oxygen atoms in total. The summed E-state index contributed by atoms with van der Waals surface area (Å²) in [6.07, 6.45) is 8.17. The van der Waals surface area contributed by atoms with Crippen LogP contribution < -0.4 is 0 Å². The Hall–Kier alpha value is -1.84. The second kappa shape index (κ2) is 11.7. The summed E-state index contributed by atoms with van der Waals surface area (Å²) in [6, 6.07) is 6.61. The van der Waals surface area contributed by atoms with E-state index in [4.69, 9.17) is 9.47 Å². The predicted octanol–water partition coefficient (Wildman–Crippen LogP) is 4.77. The van der Waals surface area contributed by atoms with E-state index in [1.54, 1.807) is 31.2 Å². The van der Waals surface area contributed by atoms with Crippen LogP contribution in [-0.2, 0) is 9.47 Å². The minimum absolute atomic E-state index is 0.263. The topological polar surface area (TPSA) is 52.6 Å². The van der Waals surface area contributed by atoms with E-state index in [0.29, 0.717) is 6.61 Å². The third kappa shape index (κ3) is 7.31. The van der Waals surface area contributed by atoms with Crippen LogP contribution in [0.4, 0.5) is 0 Å². The Balaban J connectivity index is 2.36. The Morgan fingerprint density at radius 2 is 1.30 bits per heavy atom. The standard InChI is InChI=1S/C19H28O4/c1-3-5-6-7-8-9-12-15-23-19(21)17-14-11-10-13-16(17)18(20)22-4-2/h10-11,13-14H,3-9,12,15H2,1-2H3. The zero-order valence-corrected chi connectivity index (χ0v) is 14.3. The molecule has 0 saturated heterocycles. The van der Waals surface area contributed by atoms with E-state index in [1.165, 1.54) is 32.1 Å². The first-order valence-corrected chi connectivity index (χ1v) is 8.64. The van der Waals surface area contributed by atoms with Crippen LogP contribution >= 0.6 is 0 Å². The molecule has 1 aromatic rings. The highest BCUT2D eigenvalue weighted by Gasteiger charge is 2.18. The monoisotopic (exact) mass is 320 g/mol. The van der Waals surface area contributed by atoms with Gasteiger partial charge in [0.25, 0.3) is 0 Å². The lowest BCUT2D eigenvalue weighted by atomic mass is 10.1. The number of ether oxygens (including phenoxy) is 2. The summed E-state index contributed by atoms with van der Waals surface area (Å²) in [5, 5.41) is 0. The van der Waals surface area contributed by atoms with Crippen LogP contribution in [0.3, 0.4) is 0 Å². The lowest BCUT2D eigenvalue weighted by Crippen LogP contribution is -2.14. The molecule has 0 aliphatic heterocycles. The third-order valence-electron chi connectivity index (χ3n) is 3.62. The van der Waals surface area contributed by atoms with Crippen molar-refractivity contribution < 1.29 is 19.1 Å². The molecule has 0 N–H and O–H groups in total. The number of hydrogen-bond donors (Lipinski definition) is 0. The van der Waals surface area contributed by atoms with Crippen molar-refractivity contribution in [1.82, 2.24) is 0 Å². The fourth-order valence-corrected chi connectivity index (χ4v) is 2.35. The Morgan fingerprint density at radius 3 is 1.87 bits per heavy atom.